The van der Waals surface area contributed by atoms with Crippen molar-refractivity contribution in [2.24, 2.45) is 0 Å². The quantitative estimate of drug-likeness (QED) is 0.614. The molecule has 0 radical (unpaired) electrons. The van der Waals surface area contributed by atoms with Crippen LogP contribution in [0.2, 0.25) is 10.0 Å². The molecule has 10 heteroatoms. The Morgan fingerprint density at radius 1 is 1.25 bits per heavy atom. The van der Waals surface area contributed by atoms with Gasteiger partial charge in [-0.05, 0) is 36.6 Å². The van der Waals surface area contributed by atoms with E-state index in [-0.39, 0.29) is 11.9 Å². The van der Waals surface area contributed by atoms with Crippen molar-refractivity contribution in [3.05, 3.63) is 45.7 Å². The van der Waals surface area contributed by atoms with E-state index in [1.807, 2.05) is 17.9 Å². The van der Waals surface area contributed by atoms with Crippen LogP contribution in [0.15, 0.2) is 28.9 Å². The summed E-state index contributed by atoms with van der Waals surface area (Å²) in [4.78, 5) is 26.1. The molecule has 2 atom stereocenters. The summed E-state index contributed by atoms with van der Waals surface area (Å²) >= 11 is 12.6. The number of carbonyl (C=O) groups is 1. The SMILES string of the molecule is CNc1nc2cncc(N3CCO[C@@H](C(=O)N4CCc5cc(Cl)cc(Cl)c5[C@@H]4C)C3)c2o1. The third-order valence-electron chi connectivity index (χ3n) is 6.15. The maximum absolute atomic E-state index is 13.5. The normalized spacial score (nSPS) is 21.0. The van der Waals surface area contributed by atoms with E-state index in [0.717, 1.165) is 16.8 Å². The maximum Gasteiger partial charge on any atom is 0.295 e. The fourth-order valence-corrected chi connectivity index (χ4v) is 5.27. The van der Waals surface area contributed by atoms with E-state index < -0.39 is 6.10 Å². The van der Waals surface area contributed by atoms with Gasteiger partial charge >= 0.3 is 0 Å². The highest BCUT2D eigenvalue weighted by Gasteiger charge is 2.36. The van der Waals surface area contributed by atoms with Gasteiger partial charge in [0.25, 0.3) is 11.9 Å². The highest BCUT2D eigenvalue weighted by Crippen LogP contribution is 2.37. The number of ether oxygens (including phenoxy) is 1. The number of amides is 1. The lowest BCUT2D eigenvalue weighted by atomic mass is 9.93. The number of hydrogen-bond donors (Lipinski definition) is 1. The Labute approximate surface area is 195 Å². The van der Waals surface area contributed by atoms with Gasteiger partial charge in [-0.15, -0.1) is 0 Å². The van der Waals surface area contributed by atoms with Crippen LogP contribution in [0.25, 0.3) is 11.1 Å². The predicted molar refractivity (Wildman–Crippen MR) is 124 cm³/mol. The van der Waals surface area contributed by atoms with Crippen LogP contribution in [0.4, 0.5) is 11.7 Å². The maximum atomic E-state index is 13.5. The van der Waals surface area contributed by atoms with E-state index in [4.69, 9.17) is 32.4 Å². The molecule has 0 spiro atoms. The van der Waals surface area contributed by atoms with E-state index in [9.17, 15) is 4.79 Å². The lowest BCUT2D eigenvalue weighted by molar-refractivity contribution is -0.147. The lowest BCUT2D eigenvalue weighted by Gasteiger charge is -2.40. The first-order valence-corrected chi connectivity index (χ1v) is 11.3. The molecule has 2 aliphatic heterocycles. The van der Waals surface area contributed by atoms with Crippen molar-refractivity contribution >= 4 is 51.9 Å². The first-order chi connectivity index (χ1) is 15.5. The second-order valence-corrected chi connectivity index (χ2v) is 8.84. The topological polar surface area (TPSA) is 83.7 Å². The molecule has 1 N–H and O–H groups in total. The van der Waals surface area contributed by atoms with Gasteiger partial charge < -0.3 is 24.3 Å². The summed E-state index contributed by atoms with van der Waals surface area (Å²) in [5.74, 6) is -0.0486. The van der Waals surface area contributed by atoms with Gasteiger partial charge in [0.05, 0.1) is 31.6 Å². The second kappa shape index (κ2) is 8.42. The molecule has 5 rings (SSSR count). The van der Waals surface area contributed by atoms with Crippen LogP contribution >= 0.6 is 23.2 Å². The number of benzene rings is 1. The summed E-state index contributed by atoms with van der Waals surface area (Å²) in [7, 11) is 1.75. The standard InChI is InChI=1S/C22H23Cl2N5O3/c1-12-19-13(7-14(23)8-15(19)24)3-4-29(12)21(30)18-11-28(5-6-31-18)17-10-26-9-16-20(17)32-22(25-2)27-16/h7-10,12,18H,3-6,11H2,1-2H3,(H,25,27)/t12-,18+/m0/s1. The number of hydrogen-bond acceptors (Lipinski definition) is 7. The Kier molecular flexibility index (Phi) is 5.61. The zero-order valence-electron chi connectivity index (χ0n) is 17.8. The Bertz CT molecular complexity index is 1180. The fraction of sp³-hybridized carbons (Fsp3) is 0.409. The summed E-state index contributed by atoms with van der Waals surface area (Å²) < 4.78 is 11.7. The number of carbonyl (C=O) groups excluding carboxylic acids is 1. The van der Waals surface area contributed by atoms with Crippen LogP contribution in [0.1, 0.15) is 24.1 Å². The van der Waals surface area contributed by atoms with Crippen LogP contribution in [-0.4, -0.2) is 60.2 Å². The van der Waals surface area contributed by atoms with Gasteiger partial charge in [-0.25, -0.2) is 0 Å². The average Bonchev–Trinajstić information content (AvgIpc) is 3.22. The molecule has 4 heterocycles. The monoisotopic (exact) mass is 475 g/mol. The Hall–Kier alpha value is -2.55. The first kappa shape index (κ1) is 21.3. The van der Waals surface area contributed by atoms with Gasteiger partial charge in [0, 0.05) is 30.2 Å². The number of aromatic nitrogens is 2. The molecule has 2 aromatic heterocycles. The molecule has 1 fully saturated rings. The van der Waals surface area contributed by atoms with Crippen LogP contribution in [-0.2, 0) is 16.0 Å². The molecule has 0 bridgehead atoms. The van der Waals surface area contributed by atoms with Crippen molar-refractivity contribution in [2.75, 3.05) is 43.5 Å². The molecule has 3 aromatic rings. The van der Waals surface area contributed by atoms with Crippen molar-refractivity contribution in [3.63, 3.8) is 0 Å². The van der Waals surface area contributed by atoms with Crippen molar-refractivity contribution < 1.29 is 13.9 Å². The number of nitrogens with one attached hydrogen (secondary N) is 1. The van der Waals surface area contributed by atoms with Gasteiger partial charge in [-0.2, -0.15) is 4.98 Å². The third-order valence-corrected chi connectivity index (χ3v) is 6.68. The molecule has 0 saturated carbocycles. The summed E-state index contributed by atoms with van der Waals surface area (Å²) in [6.07, 6.45) is 3.51. The number of pyridine rings is 1. The Morgan fingerprint density at radius 2 is 2.09 bits per heavy atom. The molecule has 8 nitrogen and oxygen atoms in total. The molecule has 0 aliphatic carbocycles. The molecular weight excluding hydrogens is 453 g/mol. The number of anilines is 2. The number of rotatable bonds is 3. The molecule has 1 amide bonds. The smallest absolute Gasteiger partial charge is 0.295 e. The number of morpholine rings is 1. The molecule has 0 unspecified atom stereocenters. The van der Waals surface area contributed by atoms with Gasteiger partial charge in [0.15, 0.2) is 11.7 Å². The van der Waals surface area contributed by atoms with Crippen molar-refractivity contribution in [1.29, 1.82) is 0 Å². The summed E-state index contributed by atoms with van der Waals surface area (Å²) in [5, 5.41) is 4.11. The number of fused-ring (bicyclic) bond motifs is 2. The number of nitrogens with zero attached hydrogens (tertiary/aromatic N) is 4. The molecule has 2 aliphatic rings. The van der Waals surface area contributed by atoms with E-state index >= 15 is 0 Å². The second-order valence-electron chi connectivity index (χ2n) is 8.00. The average molecular weight is 476 g/mol. The van der Waals surface area contributed by atoms with Crippen molar-refractivity contribution in [3.8, 4) is 0 Å². The number of oxazole rings is 1. The molecule has 1 saturated heterocycles. The highest BCUT2D eigenvalue weighted by atomic mass is 35.5. The van der Waals surface area contributed by atoms with Crippen LogP contribution < -0.4 is 10.2 Å². The molecule has 32 heavy (non-hydrogen) atoms. The molecule has 1 aromatic carbocycles. The highest BCUT2D eigenvalue weighted by molar-refractivity contribution is 6.35. The van der Waals surface area contributed by atoms with Crippen LogP contribution in [0.3, 0.4) is 0 Å². The zero-order valence-corrected chi connectivity index (χ0v) is 19.3. The van der Waals surface area contributed by atoms with E-state index in [2.05, 4.69) is 20.2 Å². The summed E-state index contributed by atoms with van der Waals surface area (Å²) in [6.45, 7) is 4.04. The van der Waals surface area contributed by atoms with Gasteiger partial charge in [-0.1, -0.05) is 23.2 Å². The number of halogens is 2. The van der Waals surface area contributed by atoms with Crippen molar-refractivity contribution in [2.45, 2.75) is 25.5 Å². The zero-order chi connectivity index (χ0) is 22.4. The Morgan fingerprint density at radius 3 is 2.91 bits per heavy atom. The minimum absolute atomic E-state index is 0.0486. The van der Waals surface area contributed by atoms with Crippen LogP contribution in [0, 0.1) is 0 Å². The minimum Gasteiger partial charge on any atom is -0.421 e. The van der Waals surface area contributed by atoms with Gasteiger partial charge in [-0.3, -0.25) is 9.78 Å². The minimum atomic E-state index is -0.597. The summed E-state index contributed by atoms with van der Waals surface area (Å²) in [5.41, 5.74) is 4.15. The van der Waals surface area contributed by atoms with Crippen molar-refractivity contribution in [1.82, 2.24) is 14.9 Å². The van der Waals surface area contributed by atoms with Gasteiger partial charge in [0.1, 0.15) is 11.2 Å². The predicted octanol–water partition coefficient (Wildman–Crippen LogP) is 3.92. The molecule has 168 valence electrons. The van der Waals surface area contributed by atoms with Crippen LogP contribution in [0.5, 0.6) is 0 Å². The molecular formula is C22H23Cl2N5O3. The first-order valence-electron chi connectivity index (χ1n) is 10.5. The largest absolute Gasteiger partial charge is 0.421 e. The van der Waals surface area contributed by atoms with E-state index in [1.54, 1.807) is 25.5 Å². The van der Waals surface area contributed by atoms with Gasteiger partial charge in [0.2, 0.25) is 0 Å². The summed E-state index contributed by atoms with van der Waals surface area (Å²) in [6, 6.07) is 3.93. The third kappa shape index (κ3) is 3.66. The van der Waals surface area contributed by atoms with E-state index in [0.29, 0.717) is 59.8 Å². The van der Waals surface area contributed by atoms with E-state index in [1.165, 1.54) is 0 Å². The fourth-order valence-electron chi connectivity index (χ4n) is 4.58. The Balaban J connectivity index is 1.38. The lowest BCUT2D eigenvalue weighted by Crippen LogP contribution is -2.53.